The number of hydrogen-bond acceptors (Lipinski definition) is 1. The Morgan fingerprint density at radius 1 is 1.10 bits per heavy atom. The van der Waals surface area contributed by atoms with Crippen molar-refractivity contribution in [1.82, 2.24) is 0 Å². The Hall–Kier alpha value is -1.31. The average molecular weight is 286 g/mol. The molecule has 1 aliphatic carbocycles. The fourth-order valence-electron chi connectivity index (χ4n) is 3.13. The zero-order chi connectivity index (χ0) is 14.1. The van der Waals surface area contributed by atoms with Crippen LogP contribution in [0.25, 0.3) is 0 Å². The first-order chi connectivity index (χ1) is 9.63. The van der Waals surface area contributed by atoms with Crippen molar-refractivity contribution in [2.75, 3.05) is 0 Å². The van der Waals surface area contributed by atoms with Gasteiger partial charge < -0.3 is 5.73 Å². The van der Waals surface area contributed by atoms with E-state index in [2.05, 4.69) is 25.1 Å². The van der Waals surface area contributed by atoms with Gasteiger partial charge >= 0.3 is 0 Å². The zero-order valence-electron chi connectivity index (χ0n) is 11.8. The van der Waals surface area contributed by atoms with Gasteiger partial charge in [0, 0.05) is 11.1 Å². The summed E-state index contributed by atoms with van der Waals surface area (Å²) >= 11 is 6.09. The van der Waals surface area contributed by atoms with Gasteiger partial charge in [-0.05, 0) is 72.6 Å². The van der Waals surface area contributed by atoms with Gasteiger partial charge in [0.2, 0.25) is 0 Å². The summed E-state index contributed by atoms with van der Waals surface area (Å²) in [7, 11) is 0. The Balaban J connectivity index is 1.82. The molecule has 2 aromatic carbocycles. The van der Waals surface area contributed by atoms with E-state index in [0.29, 0.717) is 0 Å². The van der Waals surface area contributed by atoms with Crippen molar-refractivity contribution in [3.8, 4) is 0 Å². The van der Waals surface area contributed by atoms with Gasteiger partial charge in [0.1, 0.15) is 0 Å². The van der Waals surface area contributed by atoms with Crippen LogP contribution >= 0.6 is 11.6 Å². The molecule has 0 radical (unpaired) electrons. The maximum atomic E-state index is 6.38. The lowest BCUT2D eigenvalue weighted by Gasteiger charge is -2.16. The van der Waals surface area contributed by atoms with Crippen LogP contribution in [0.5, 0.6) is 0 Å². The molecule has 0 aliphatic heterocycles. The quantitative estimate of drug-likeness (QED) is 0.890. The fraction of sp³-hybridized carbons (Fsp3) is 0.333. The van der Waals surface area contributed by atoms with E-state index in [-0.39, 0.29) is 6.04 Å². The third-order valence-electron chi connectivity index (χ3n) is 4.26. The van der Waals surface area contributed by atoms with Crippen molar-refractivity contribution >= 4 is 11.6 Å². The molecular formula is C18H20ClN. The van der Waals surface area contributed by atoms with Crippen LogP contribution in [-0.2, 0) is 19.3 Å². The van der Waals surface area contributed by atoms with Gasteiger partial charge in [0.25, 0.3) is 0 Å². The van der Waals surface area contributed by atoms with Gasteiger partial charge in [-0.15, -0.1) is 0 Å². The molecule has 1 unspecified atom stereocenters. The van der Waals surface area contributed by atoms with E-state index in [1.807, 2.05) is 18.2 Å². The first-order valence-electron chi connectivity index (χ1n) is 7.26. The highest BCUT2D eigenvalue weighted by molar-refractivity contribution is 6.30. The Kier molecular flexibility index (Phi) is 3.82. The summed E-state index contributed by atoms with van der Waals surface area (Å²) in [5.74, 6) is 0. The summed E-state index contributed by atoms with van der Waals surface area (Å²) in [5, 5.41) is 0.759. The average Bonchev–Trinajstić information content (AvgIpc) is 2.89. The monoisotopic (exact) mass is 285 g/mol. The lowest BCUT2D eigenvalue weighted by molar-refractivity contribution is 0.716. The van der Waals surface area contributed by atoms with Crippen molar-refractivity contribution in [3.05, 3.63) is 69.2 Å². The first kappa shape index (κ1) is 13.7. The molecule has 3 rings (SSSR count). The topological polar surface area (TPSA) is 26.0 Å². The van der Waals surface area contributed by atoms with Crippen LogP contribution in [0.3, 0.4) is 0 Å². The number of hydrogen-bond donors (Lipinski definition) is 1. The highest BCUT2D eigenvalue weighted by atomic mass is 35.5. The molecule has 20 heavy (non-hydrogen) atoms. The molecule has 0 saturated heterocycles. The van der Waals surface area contributed by atoms with Crippen molar-refractivity contribution in [1.29, 1.82) is 0 Å². The number of fused-ring (bicyclic) bond motifs is 1. The molecule has 0 saturated carbocycles. The molecule has 0 amide bonds. The van der Waals surface area contributed by atoms with E-state index in [9.17, 15) is 0 Å². The van der Waals surface area contributed by atoms with Crippen molar-refractivity contribution in [2.24, 2.45) is 5.73 Å². The molecule has 1 aliphatic rings. The third-order valence-corrected chi connectivity index (χ3v) is 4.49. The summed E-state index contributed by atoms with van der Waals surface area (Å²) < 4.78 is 0. The van der Waals surface area contributed by atoms with E-state index in [0.717, 1.165) is 17.0 Å². The molecule has 2 heteroatoms. The van der Waals surface area contributed by atoms with E-state index in [1.165, 1.54) is 41.5 Å². The summed E-state index contributed by atoms with van der Waals surface area (Å²) in [6.07, 6.45) is 4.61. The minimum absolute atomic E-state index is 0.00755. The van der Waals surface area contributed by atoms with Crippen molar-refractivity contribution in [3.63, 3.8) is 0 Å². The Bertz CT molecular complexity index is 633. The SMILES string of the molecule is Cc1ccc(Cl)cc1C(N)Cc1ccc2c(c1)CCC2. The maximum absolute atomic E-state index is 6.38. The number of aryl methyl sites for hydroxylation is 3. The van der Waals surface area contributed by atoms with Gasteiger partial charge in [-0.1, -0.05) is 35.9 Å². The van der Waals surface area contributed by atoms with E-state index >= 15 is 0 Å². The van der Waals surface area contributed by atoms with Gasteiger partial charge in [0.05, 0.1) is 0 Å². The van der Waals surface area contributed by atoms with Gasteiger partial charge in [-0.2, -0.15) is 0 Å². The molecule has 104 valence electrons. The van der Waals surface area contributed by atoms with Gasteiger partial charge in [-0.25, -0.2) is 0 Å². The first-order valence-corrected chi connectivity index (χ1v) is 7.63. The van der Waals surface area contributed by atoms with Gasteiger partial charge in [0.15, 0.2) is 0 Å². The summed E-state index contributed by atoms with van der Waals surface area (Å²) in [4.78, 5) is 0. The van der Waals surface area contributed by atoms with Crippen molar-refractivity contribution in [2.45, 2.75) is 38.6 Å². The number of nitrogens with two attached hydrogens (primary N) is 1. The molecule has 0 heterocycles. The van der Waals surface area contributed by atoms with Crippen LogP contribution in [0.2, 0.25) is 5.02 Å². The summed E-state index contributed by atoms with van der Waals surface area (Å²) in [6, 6.07) is 12.8. The number of rotatable bonds is 3. The van der Waals surface area contributed by atoms with Crippen LogP contribution < -0.4 is 5.73 Å². The van der Waals surface area contributed by atoms with E-state index in [4.69, 9.17) is 17.3 Å². The summed E-state index contributed by atoms with van der Waals surface area (Å²) in [6.45, 7) is 2.09. The molecule has 0 spiro atoms. The third kappa shape index (κ3) is 2.74. The zero-order valence-corrected chi connectivity index (χ0v) is 12.6. The second-order valence-corrected chi connectivity index (χ2v) is 6.20. The molecule has 1 nitrogen and oxygen atoms in total. The highest BCUT2D eigenvalue weighted by Crippen LogP contribution is 2.26. The lowest BCUT2D eigenvalue weighted by atomic mass is 9.94. The van der Waals surface area contributed by atoms with Crippen LogP contribution in [0.15, 0.2) is 36.4 Å². The smallest absolute Gasteiger partial charge is 0.0409 e. The predicted octanol–water partition coefficient (Wildman–Crippen LogP) is 4.38. The lowest BCUT2D eigenvalue weighted by Crippen LogP contribution is -2.14. The van der Waals surface area contributed by atoms with Crippen molar-refractivity contribution < 1.29 is 0 Å². The van der Waals surface area contributed by atoms with Crippen LogP contribution in [0, 0.1) is 6.92 Å². The minimum Gasteiger partial charge on any atom is -0.324 e. The van der Waals surface area contributed by atoms with E-state index in [1.54, 1.807) is 0 Å². The highest BCUT2D eigenvalue weighted by Gasteiger charge is 2.14. The minimum atomic E-state index is 0.00755. The molecule has 1 atom stereocenters. The molecule has 0 bridgehead atoms. The van der Waals surface area contributed by atoms with Gasteiger partial charge in [-0.3, -0.25) is 0 Å². The van der Waals surface area contributed by atoms with Crippen LogP contribution in [-0.4, -0.2) is 0 Å². The summed E-state index contributed by atoms with van der Waals surface area (Å²) in [5.41, 5.74) is 13.1. The second-order valence-electron chi connectivity index (χ2n) is 5.77. The fourth-order valence-corrected chi connectivity index (χ4v) is 3.31. The Morgan fingerprint density at radius 3 is 2.75 bits per heavy atom. The molecule has 0 fully saturated rings. The molecule has 2 aromatic rings. The second kappa shape index (κ2) is 5.59. The Labute approximate surface area is 125 Å². The number of benzene rings is 2. The largest absolute Gasteiger partial charge is 0.324 e. The maximum Gasteiger partial charge on any atom is 0.0409 e. The van der Waals surface area contributed by atoms with Crippen LogP contribution in [0.1, 0.15) is 40.3 Å². The standard InChI is InChI=1S/C18H20ClN/c1-12-5-8-16(19)11-17(12)18(20)10-13-6-7-14-3-2-4-15(14)9-13/h5-9,11,18H,2-4,10,20H2,1H3. The number of halogens is 1. The Morgan fingerprint density at radius 2 is 1.90 bits per heavy atom. The van der Waals surface area contributed by atoms with Crippen LogP contribution in [0.4, 0.5) is 0 Å². The van der Waals surface area contributed by atoms with E-state index < -0.39 is 0 Å². The predicted molar refractivity (Wildman–Crippen MR) is 85.3 cm³/mol. The molecule has 0 aromatic heterocycles. The molecule has 2 N–H and O–H groups in total. The normalized spacial score (nSPS) is 15.2. The molecular weight excluding hydrogens is 266 g/mol.